The normalized spacial score (nSPS) is 28.3. The van der Waals surface area contributed by atoms with Crippen molar-refractivity contribution >= 4 is 18.3 Å². The topological polar surface area (TPSA) is 32.3 Å². The first kappa shape index (κ1) is 17.8. The zero-order chi connectivity index (χ0) is 15.9. The Bertz CT molecular complexity index is 585. The fourth-order valence-corrected chi connectivity index (χ4v) is 5.19. The summed E-state index contributed by atoms with van der Waals surface area (Å²) in [7, 11) is 0. The van der Waals surface area contributed by atoms with Gasteiger partial charge in [-0.1, -0.05) is 43.5 Å². The number of likely N-dealkylation sites (tertiary alicyclic amines) is 1. The van der Waals surface area contributed by atoms with Gasteiger partial charge in [-0.05, 0) is 42.7 Å². The van der Waals surface area contributed by atoms with Gasteiger partial charge >= 0.3 is 0 Å². The minimum atomic E-state index is -0.254. The van der Waals surface area contributed by atoms with E-state index in [0.717, 1.165) is 39.0 Å². The number of rotatable bonds is 2. The average Bonchev–Trinajstić information content (AvgIpc) is 3.17. The van der Waals surface area contributed by atoms with E-state index in [-0.39, 0.29) is 17.8 Å². The summed E-state index contributed by atoms with van der Waals surface area (Å²) in [5.41, 5.74) is 2.32. The van der Waals surface area contributed by atoms with Crippen LogP contribution in [0.3, 0.4) is 0 Å². The van der Waals surface area contributed by atoms with Crippen LogP contribution in [0, 0.1) is 18.8 Å². The highest BCUT2D eigenvalue weighted by atomic mass is 35.5. The summed E-state index contributed by atoms with van der Waals surface area (Å²) in [4.78, 5) is 15.8. The van der Waals surface area contributed by atoms with Crippen LogP contribution >= 0.6 is 12.4 Å². The van der Waals surface area contributed by atoms with E-state index in [1.165, 1.54) is 30.4 Å². The molecule has 4 heteroatoms. The smallest absolute Gasteiger partial charge is 0.233 e. The first-order valence-electron chi connectivity index (χ1n) is 9.27. The van der Waals surface area contributed by atoms with E-state index in [4.69, 9.17) is 0 Å². The van der Waals surface area contributed by atoms with E-state index in [1.807, 2.05) is 0 Å². The van der Waals surface area contributed by atoms with Crippen molar-refractivity contribution in [1.82, 2.24) is 10.2 Å². The third-order valence-corrected chi connectivity index (χ3v) is 6.45. The molecule has 1 amide bonds. The fraction of sp³-hybridized carbons (Fsp3) is 0.650. The first-order chi connectivity index (χ1) is 11.2. The van der Waals surface area contributed by atoms with Crippen molar-refractivity contribution in [3.05, 3.63) is 35.4 Å². The lowest BCUT2D eigenvalue weighted by Crippen LogP contribution is -2.48. The Hall–Kier alpha value is -1.06. The van der Waals surface area contributed by atoms with Gasteiger partial charge in [0.25, 0.3) is 0 Å². The summed E-state index contributed by atoms with van der Waals surface area (Å²) >= 11 is 0. The molecule has 0 spiro atoms. The molecule has 4 rings (SSSR count). The third-order valence-electron chi connectivity index (χ3n) is 6.45. The van der Waals surface area contributed by atoms with Crippen LogP contribution in [-0.2, 0) is 10.2 Å². The van der Waals surface area contributed by atoms with Crippen molar-refractivity contribution in [3.63, 3.8) is 0 Å². The Morgan fingerprint density at radius 2 is 1.71 bits per heavy atom. The summed E-state index contributed by atoms with van der Waals surface area (Å²) in [5, 5.41) is 3.48. The van der Waals surface area contributed by atoms with Gasteiger partial charge in [0.05, 0.1) is 5.41 Å². The Labute approximate surface area is 151 Å². The van der Waals surface area contributed by atoms with Crippen molar-refractivity contribution in [3.8, 4) is 0 Å². The van der Waals surface area contributed by atoms with Crippen LogP contribution in [0.1, 0.15) is 43.2 Å². The maximum absolute atomic E-state index is 13.6. The van der Waals surface area contributed by atoms with E-state index in [2.05, 4.69) is 41.4 Å². The number of hydrogen-bond acceptors (Lipinski definition) is 2. The maximum Gasteiger partial charge on any atom is 0.233 e. The number of amides is 1. The summed E-state index contributed by atoms with van der Waals surface area (Å²) in [6.45, 7) is 6.27. The largest absolute Gasteiger partial charge is 0.341 e. The van der Waals surface area contributed by atoms with Crippen molar-refractivity contribution in [2.75, 3.05) is 26.2 Å². The summed E-state index contributed by atoms with van der Waals surface area (Å²) in [5.74, 6) is 1.77. The lowest BCUT2D eigenvalue weighted by Gasteiger charge is -2.40. The molecule has 3 nitrogen and oxygen atoms in total. The Morgan fingerprint density at radius 3 is 2.33 bits per heavy atom. The molecule has 1 aromatic carbocycles. The molecule has 1 saturated carbocycles. The van der Waals surface area contributed by atoms with Gasteiger partial charge in [-0.3, -0.25) is 4.79 Å². The molecular weight excluding hydrogens is 320 g/mol. The molecule has 0 unspecified atom stereocenters. The highest BCUT2D eigenvalue weighted by Gasteiger charge is 2.47. The molecule has 1 N–H and O–H groups in total. The molecular formula is C20H29ClN2O. The number of halogens is 1. The first-order valence-corrected chi connectivity index (χ1v) is 9.27. The molecule has 3 fully saturated rings. The van der Waals surface area contributed by atoms with Gasteiger partial charge < -0.3 is 10.2 Å². The van der Waals surface area contributed by atoms with E-state index in [9.17, 15) is 4.79 Å². The number of benzene rings is 1. The fourth-order valence-electron chi connectivity index (χ4n) is 5.19. The standard InChI is InChI=1S/C20H28N2O.ClH/c1-15-7-3-4-8-18(15)20(9-5-2-6-10-20)19(23)22-13-16-11-21-12-17(16)14-22;/h3-4,7-8,16-17,21H,2,5-6,9-14H2,1H3;1H/t16-,17+;. The molecule has 0 aromatic heterocycles. The van der Waals surface area contributed by atoms with E-state index in [0.29, 0.717) is 17.7 Å². The van der Waals surface area contributed by atoms with Crippen LogP contribution in [0.2, 0.25) is 0 Å². The van der Waals surface area contributed by atoms with Crippen molar-refractivity contribution in [2.45, 2.75) is 44.4 Å². The Balaban J connectivity index is 0.00000169. The van der Waals surface area contributed by atoms with Crippen molar-refractivity contribution in [1.29, 1.82) is 0 Å². The zero-order valence-electron chi connectivity index (χ0n) is 14.6. The number of aryl methyl sites for hydroxylation is 1. The van der Waals surface area contributed by atoms with Gasteiger partial charge in [-0.15, -0.1) is 12.4 Å². The third kappa shape index (κ3) is 2.86. The van der Waals surface area contributed by atoms with Gasteiger partial charge in [-0.2, -0.15) is 0 Å². The lowest BCUT2D eigenvalue weighted by atomic mass is 9.67. The molecule has 2 atom stereocenters. The predicted molar refractivity (Wildman–Crippen MR) is 99.6 cm³/mol. The number of carbonyl (C=O) groups excluding carboxylic acids is 1. The van der Waals surface area contributed by atoms with Crippen LogP contribution in [0.25, 0.3) is 0 Å². The highest BCUT2D eigenvalue weighted by molar-refractivity contribution is 5.89. The second-order valence-electron chi connectivity index (χ2n) is 7.85. The minimum Gasteiger partial charge on any atom is -0.341 e. The summed E-state index contributed by atoms with van der Waals surface area (Å²) in [6, 6.07) is 8.57. The zero-order valence-corrected chi connectivity index (χ0v) is 15.4. The van der Waals surface area contributed by atoms with Crippen LogP contribution in [0.5, 0.6) is 0 Å². The number of nitrogens with one attached hydrogen (secondary N) is 1. The molecule has 1 aromatic rings. The SMILES string of the molecule is Cc1ccccc1C1(C(=O)N2C[C@H]3CNC[C@H]3C2)CCCCC1.Cl. The molecule has 0 bridgehead atoms. The van der Waals surface area contributed by atoms with Crippen LogP contribution in [0.4, 0.5) is 0 Å². The molecule has 1 aliphatic carbocycles. The molecule has 3 aliphatic rings. The maximum atomic E-state index is 13.6. The summed E-state index contributed by atoms with van der Waals surface area (Å²) in [6.07, 6.45) is 5.70. The molecule has 0 radical (unpaired) electrons. The van der Waals surface area contributed by atoms with Crippen molar-refractivity contribution in [2.24, 2.45) is 11.8 Å². The van der Waals surface area contributed by atoms with Gasteiger partial charge in [0.2, 0.25) is 5.91 Å². The Kier molecular flexibility index (Phi) is 5.22. The number of nitrogens with zero attached hydrogens (tertiary/aromatic N) is 1. The van der Waals surface area contributed by atoms with Crippen molar-refractivity contribution < 1.29 is 4.79 Å². The molecule has 132 valence electrons. The van der Waals surface area contributed by atoms with Crippen LogP contribution in [0.15, 0.2) is 24.3 Å². The highest BCUT2D eigenvalue weighted by Crippen LogP contribution is 2.43. The lowest BCUT2D eigenvalue weighted by molar-refractivity contribution is -0.138. The minimum absolute atomic E-state index is 0. The number of carbonyl (C=O) groups is 1. The Morgan fingerprint density at radius 1 is 1.08 bits per heavy atom. The van der Waals surface area contributed by atoms with E-state index in [1.54, 1.807) is 0 Å². The van der Waals surface area contributed by atoms with Gasteiger partial charge in [0.15, 0.2) is 0 Å². The molecule has 2 heterocycles. The summed E-state index contributed by atoms with van der Waals surface area (Å²) < 4.78 is 0. The van der Waals surface area contributed by atoms with Gasteiger partial charge in [0, 0.05) is 26.2 Å². The average molecular weight is 349 g/mol. The number of fused-ring (bicyclic) bond motifs is 1. The second-order valence-corrected chi connectivity index (χ2v) is 7.85. The van der Waals surface area contributed by atoms with Crippen LogP contribution < -0.4 is 5.32 Å². The second kappa shape index (κ2) is 7.05. The monoisotopic (exact) mass is 348 g/mol. The van der Waals surface area contributed by atoms with E-state index >= 15 is 0 Å². The van der Waals surface area contributed by atoms with Gasteiger partial charge in [-0.25, -0.2) is 0 Å². The molecule has 24 heavy (non-hydrogen) atoms. The van der Waals surface area contributed by atoms with E-state index < -0.39 is 0 Å². The molecule has 2 aliphatic heterocycles. The number of hydrogen-bond donors (Lipinski definition) is 1. The van der Waals surface area contributed by atoms with Crippen LogP contribution in [-0.4, -0.2) is 37.0 Å². The van der Waals surface area contributed by atoms with Gasteiger partial charge in [0.1, 0.15) is 0 Å². The molecule has 2 saturated heterocycles. The quantitative estimate of drug-likeness (QED) is 0.889. The predicted octanol–water partition coefficient (Wildman–Crippen LogP) is 3.30.